The highest BCUT2D eigenvalue weighted by molar-refractivity contribution is 8.19. The molecule has 0 amide bonds. The number of rotatable bonds is 3. The molecule has 0 aliphatic carbocycles. The van der Waals surface area contributed by atoms with Gasteiger partial charge >= 0.3 is 0 Å². The van der Waals surface area contributed by atoms with Crippen LogP contribution in [0.5, 0.6) is 0 Å². The fourth-order valence-corrected chi connectivity index (χ4v) is 1.85. The molecule has 0 saturated heterocycles. The first-order valence-corrected chi connectivity index (χ1v) is 6.83. The average molecular weight is 279 g/mol. The maximum absolute atomic E-state index is 9.04. The second-order valence-corrected chi connectivity index (χ2v) is 5.31. The minimum Gasteiger partial charge on any atom is -0.399 e. The Morgan fingerprint density at radius 1 is 0.737 bits per heavy atom. The van der Waals surface area contributed by atoms with Crippen LogP contribution in [0.1, 0.15) is 0 Å². The number of hydrogen-bond acceptors (Lipinski definition) is 6. The summed E-state index contributed by atoms with van der Waals surface area (Å²) in [6.45, 7) is 0. The summed E-state index contributed by atoms with van der Waals surface area (Å²) in [7, 11) is -3.68. The summed E-state index contributed by atoms with van der Waals surface area (Å²) in [5, 5.41) is 7.98. The van der Waals surface area contributed by atoms with Gasteiger partial charge in [0.25, 0.3) is 0 Å². The molecule has 19 heavy (non-hydrogen) atoms. The monoisotopic (exact) mass is 279 g/mol. The Balaban J connectivity index is 2.13. The van der Waals surface area contributed by atoms with Gasteiger partial charge in [-0.1, -0.05) is 0 Å². The number of azo groups is 1. The molecule has 0 aliphatic rings. The van der Waals surface area contributed by atoms with Gasteiger partial charge in [0.2, 0.25) is 0 Å². The van der Waals surface area contributed by atoms with Gasteiger partial charge in [-0.15, -0.1) is 0 Å². The zero-order chi connectivity index (χ0) is 13.9. The van der Waals surface area contributed by atoms with Crippen molar-refractivity contribution < 1.29 is 13.7 Å². The maximum atomic E-state index is 9.04. The standard InChI is InChI=1S/C12H13N3O3S/c13-9-1-3-10(4-2-9)14-15-11-5-7-12(8-6-11)19(16,17)18/h1-8,16-18H,13H2. The zero-order valence-electron chi connectivity index (χ0n) is 9.84. The summed E-state index contributed by atoms with van der Waals surface area (Å²) in [5.41, 5.74) is 7.39. The van der Waals surface area contributed by atoms with Crippen molar-refractivity contribution in [3.8, 4) is 0 Å². The number of nitrogens with two attached hydrogens (primary N) is 1. The quantitative estimate of drug-likeness (QED) is 0.496. The minimum atomic E-state index is -3.68. The second-order valence-electron chi connectivity index (χ2n) is 3.80. The van der Waals surface area contributed by atoms with Crippen molar-refractivity contribution >= 4 is 27.9 Å². The van der Waals surface area contributed by atoms with E-state index in [0.717, 1.165) is 0 Å². The molecule has 2 aromatic rings. The molecule has 5 N–H and O–H groups in total. The number of hydrogen-bond donors (Lipinski definition) is 4. The predicted molar refractivity (Wildman–Crippen MR) is 75.2 cm³/mol. The van der Waals surface area contributed by atoms with E-state index in [1.54, 1.807) is 24.3 Å². The van der Waals surface area contributed by atoms with Gasteiger partial charge in [-0.05, 0) is 48.5 Å². The first kappa shape index (κ1) is 13.5. The Bertz CT molecular complexity index is 577. The maximum Gasteiger partial charge on any atom is 0.112 e. The van der Waals surface area contributed by atoms with E-state index in [0.29, 0.717) is 17.1 Å². The lowest BCUT2D eigenvalue weighted by molar-refractivity contribution is 0.376. The molecule has 6 nitrogen and oxygen atoms in total. The van der Waals surface area contributed by atoms with Gasteiger partial charge in [-0.2, -0.15) is 10.2 Å². The normalized spacial score (nSPS) is 12.8. The third kappa shape index (κ3) is 3.76. The Labute approximate surface area is 111 Å². The van der Waals surface area contributed by atoms with Crippen molar-refractivity contribution in [3.05, 3.63) is 48.5 Å². The van der Waals surface area contributed by atoms with E-state index in [4.69, 9.17) is 19.4 Å². The summed E-state index contributed by atoms with van der Waals surface area (Å²) in [4.78, 5) is 0.0407. The minimum absolute atomic E-state index is 0.0407. The van der Waals surface area contributed by atoms with E-state index < -0.39 is 10.9 Å². The van der Waals surface area contributed by atoms with Crippen LogP contribution in [0.2, 0.25) is 0 Å². The molecule has 7 heteroatoms. The number of anilines is 1. The van der Waals surface area contributed by atoms with E-state index in [1.807, 2.05) is 0 Å². The van der Waals surface area contributed by atoms with Gasteiger partial charge in [0.05, 0.1) is 16.3 Å². The largest absolute Gasteiger partial charge is 0.399 e. The van der Waals surface area contributed by atoms with Crippen LogP contribution in [-0.2, 0) is 0 Å². The highest BCUT2D eigenvalue weighted by Gasteiger charge is 2.14. The van der Waals surface area contributed by atoms with Crippen molar-refractivity contribution in [1.29, 1.82) is 0 Å². The van der Waals surface area contributed by atoms with Crippen LogP contribution in [0.25, 0.3) is 0 Å². The van der Waals surface area contributed by atoms with Gasteiger partial charge in [0.1, 0.15) is 10.9 Å². The van der Waals surface area contributed by atoms with Crippen LogP contribution in [0.3, 0.4) is 0 Å². The number of nitrogen functional groups attached to an aromatic ring is 1. The van der Waals surface area contributed by atoms with Crippen LogP contribution in [-0.4, -0.2) is 13.7 Å². The SMILES string of the molecule is Nc1ccc(N=Nc2ccc(S(O)(O)O)cc2)cc1. The lowest BCUT2D eigenvalue weighted by Gasteiger charge is -2.18. The molecule has 0 saturated carbocycles. The van der Waals surface area contributed by atoms with Crippen LogP contribution in [0.4, 0.5) is 17.1 Å². The van der Waals surface area contributed by atoms with E-state index in [2.05, 4.69) is 10.2 Å². The molecule has 0 spiro atoms. The molecule has 0 atom stereocenters. The first-order chi connectivity index (χ1) is 8.95. The third-order valence-corrected chi connectivity index (χ3v) is 3.23. The topological polar surface area (TPSA) is 111 Å². The molecular formula is C12H13N3O3S. The second kappa shape index (κ2) is 5.37. The fourth-order valence-electron chi connectivity index (χ4n) is 1.35. The highest BCUT2D eigenvalue weighted by Crippen LogP contribution is 2.43. The molecule has 0 aromatic heterocycles. The van der Waals surface area contributed by atoms with Gasteiger partial charge in [-0.3, -0.25) is 0 Å². The van der Waals surface area contributed by atoms with Crippen molar-refractivity contribution in [2.75, 3.05) is 5.73 Å². The summed E-state index contributed by atoms with van der Waals surface area (Å²) in [5.74, 6) is 0. The molecule has 100 valence electrons. The van der Waals surface area contributed by atoms with Crippen molar-refractivity contribution in [2.45, 2.75) is 4.90 Å². The molecule has 0 unspecified atom stereocenters. The molecule has 0 radical (unpaired) electrons. The Morgan fingerprint density at radius 2 is 1.16 bits per heavy atom. The smallest absolute Gasteiger partial charge is 0.112 e. The Kier molecular flexibility index (Phi) is 3.82. The van der Waals surface area contributed by atoms with Gasteiger partial charge < -0.3 is 19.4 Å². The molecule has 0 aliphatic heterocycles. The average Bonchev–Trinajstić information content (AvgIpc) is 2.37. The third-order valence-electron chi connectivity index (χ3n) is 2.33. The first-order valence-electron chi connectivity index (χ1n) is 5.33. The molecular weight excluding hydrogens is 266 g/mol. The summed E-state index contributed by atoms with van der Waals surface area (Å²) < 4.78 is 27.1. The molecule has 2 aromatic carbocycles. The molecule has 0 heterocycles. The Morgan fingerprint density at radius 3 is 1.58 bits per heavy atom. The summed E-state index contributed by atoms with van der Waals surface area (Å²) >= 11 is 0. The number of nitrogens with zero attached hydrogens (tertiary/aromatic N) is 2. The van der Waals surface area contributed by atoms with Crippen molar-refractivity contribution in [2.24, 2.45) is 10.2 Å². The molecule has 2 rings (SSSR count). The van der Waals surface area contributed by atoms with Crippen LogP contribution in [0, 0.1) is 0 Å². The van der Waals surface area contributed by atoms with Gasteiger partial charge in [-0.25, -0.2) is 0 Å². The van der Waals surface area contributed by atoms with Crippen LogP contribution < -0.4 is 5.73 Å². The van der Waals surface area contributed by atoms with Gasteiger partial charge in [0, 0.05) is 5.69 Å². The highest BCUT2D eigenvalue weighted by atomic mass is 32.3. The predicted octanol–water partition coefficient (Wildman–Crippen LogP) is 4.27. The zero-order valence-corrected chi connectivity index (χ0v) is 10.7. The van der Waals surface area contributed by atoms with E-state index >= 15 is 0 Å². The lowest BCUT2D eigenvalue weighted by atomic mass is 10.3. The molecule has 0 fully saturated rings. The molecule has 0 bridgehead atoms. The van der Waals surface area contributed by atoms with E-state index in [9.17, 15) is 0 Å². The van der Waals surface area contributed by atoms with Crippen LogP contribution >= 0.6 is 10.9 Å². The van der Waals surface area contributed by atoms with Crippen molar-refractivity contribution in [3.63, 3.8) is 0 Å². The Hall–Kier alpha value is -1.93. The van der Waals surface area contributed by atoms with Crippen molar-refractivity contribution in [1.82, 2.24) is 0 Å². The van der Waals surface area contributed by atoms with E-state index in [1.165, 1.54) is 24.3 Å². The van der Waals surface area contributed by atoms with Crippen LogP contribution in [0.15, 0.2) is 63.7 Å². The number of benzene rings is 2. The summed E-state index contributed by atoms with van der Waals surface area (Å²) in [6.07, 6.45) is 0. The fraction of sp³-hybridized carbons (Fsp3) is 0. The van der Waals surface area contributed by atoms with E-state index in [-0.39, 0.29) is 4.90 Å². The van der Waals surface area contributed by atoms with Gasteiger partial charge in [0.15, 0.2) is 0 Å². The lowest BCUT2D eigenvalue weighted by Crippen LogP contribution is -1.94. The summed E-state index contributed by atoms with van der Waals surface area (Å²) in [6, 6.07) is 12.7.